The van der Waals surface area contributed by atoms with Gasteiger partial charge in [-0.1, -0.05) is 19.9 Å². The molecule has 3 heteroatoms. The molecule has 1 aliphatic carbocycles. The van der Waals surface area contributed by atoms with Gasteiger partial charge in [0.2, 0.25) is 0 Å². The summed E-state index contributed by atoms with van der Waals surface area (Å²) in [5, 5.41) is 3.68. The van der Waals surface area contributed by atoms with Crippen LogP contribution in [0.3, 0.4) is 0 Å². The fourth-order valence-corrected chi connectivity index (χ4v) is 3.31. The molecular weight excluding hydrogens is 290 g/mol. The van der Waals surface area contributed by atoms with E-state index in [0.29, 0.717) is 6.04 Å². The van der Waals surface area contributed by atoms with E-state index in [2.05, 4.69) is 47.2 Å². The Hall–Kier alpha value is -0.540. The summed E-state index contributed by atoms with van der Waals surface area (Å²) in [6.45, 7) is 5.65. The van der Waals surface area contributed by atoms with Crippen molar-refractivity contribution in [1.82, 2.24) is 5.32 Å². The SMILES string of the molecule is COc1ccc(CNC2CCC(C)C2C)cc1Br. The molecule has 1 fully saturated rings. The highest BCUT2D eigenvalue weighted by molar-refractivity contribution is 9.10. The maximum absolute atomic E-state index is 5.24. The van der Waals surface area contributed by atoms with Crippen LogP contribution in [-0.2, 0) is 6.54 Å². The highest BCUT2D eigenvalue weighted by Gasteiger charge is 2.28. The Bertz CT molecular complexity index is 407. The Morgan fingerprint density at radius 2 is 2.11 bits per heavy atom. The van der Waals surface area contributed by atoms with E-state index in [0.717, 1.165) is 28.6 Å². The lowest BCUT2D eigenvalue weighted by Gasteiger charge is -2.20. The lowest BCUT2D eigenvalue weighted by atomic mass is 9.98. The predicted octanol–water partition coefficient (Wildman–Crippen LogP) is 3.98. The molecule has 0 amide bonds. The van der Waals surface area contributed by atoms with Gasteiger partial charge in [-0.15, -0.1) is 0 Å². The minimum absolute atomic E-state index is 0.667. The topological polar surface area (TPSA) is 21.3 Å². The van der Waals surface area contributed by atoms with E-state index in [1.54, 1.807) is 7.11 Å². The van der Waals surface area contributed by atoms with Crippen LogP contribution in [0.4, 0.5) is 0 Å². The van der Waals surface area contributed by atoms with Crippen LogP contribution >= 0.6 is 15.9 Å². The van der Waals surface area contributed by atoms with Crippen LogP contribution in [-0.4, -0.2) is 13.2 Å². The Labute approximate surface area is 118 Å². The first-order valence-corrected chi connectivity index (χ1v) is 7.47. The lowest BCUT2D eigenvalue weighted by molar-refractivity contribution is 0.369. The molecule has 0 heterocycles. The van der Waals surface area contributed by atoms with Crippen LogP contribution in [0.2, 0.25) is 0 Å². The molecule has 0 aliphatic heterocycles. The second-order valence-corrected chi connectivity index (χ2v) is 6.22. The molecule has 0 aromatic heterocycles. The first-order chi connectivity index (χ1) is 8.61. The Morgan fingerprint density at radius 3 is 2.67 bits per heavy atom. The average Bonchev–Trinajstić information content (AvgIpc) is 2.68. The van der Waals surface area contributed by atoms with Gasteiger partial charge in [0.05, 0.1) is 11.6 Å². The minimum Gasteiger partial charge on any atom is -0.496 e. The fourth-order valence-electron chi connectivity index (χ4n) is 2.72. The van der Waals surface area contributed by atoms with Crippen LogP contribution in [0.5, 0.6) is 5.75 Å². The Balaban J connectivity index is 1.92. The average molecular weight is 312 g/mol. The van der Waals surface area contributed by atoms with Crippen LogP contribution in [0.25, 0.3) is 0 Å². The Morgan fingerprint density at radius 1 is 1.33 bits per heavy atom. The molecule has 3 unspecified atom stereocenters. The summed E-state index contributed by atoms with van der Waals surface area (Å²) in [6.07, 6.45) is 2.66. The zero-order chi connectivity index (χ0) is 13.1. The van der Waals surface area contributed by atoms with E-state index in [-0.39, 0.29) is 0 Å². The predicted molar refractivity (Wildman–Crippen MR) is 78.9 cm³/mol. The second kappa shape index (κ2) is 6.07. The standard InChI is InChI=1S/C15H22BrNO/c1-10-4-6-14(11(10)2)17-9-12-5-7-15(18-3)13(16)8-12/h5,7-8,10-11,14,17H,4,6,9H2,1-3H3. The van der Waals surface area contributed by atoms with Gasteiger partial charge in [-0.3, -0.25) is 0 Å². The molecule has 0 radical (unpaired) electrons. The van der Waals surface area contributed by atoms with E-state index in [4.69, 9.17) is 4.74 Å². The molecule has 3 atom stereocenters. The van der Waals surface area contributed by atoms with Crippen LogP contribution in [0, 0.1) is 11.8 Å². The van der Waals surface area contributed by atoms with Crippen LogP contribution < -0.4 is 10.1 Å². The summed E-state index contributed by atoms with van der Waals surface area (Å²) in [6, 6.07) is 6.94. The number of halogens is 1. The number of rotatable bonds is 4. The molecule has 1 saturated carbocycles. The molecule has 0 bridgehead atoms. The first-order valence-electron chi connectivity index (χ1n) is 6.67. The van der Waals surface area contributed by atoms with Crippen molar-refractivity contribution >= 4 is 15.9 Å². The van der Waals surface area contributed by atoms with Gasteiger partial charge in [-0.25, -0.2) is 0 Å². The van der Waals surface area contributed by atoms with E-state index in [9.17, 15) is 0 Å². The van der Waals surface area contributed by atoms with E-state index < -0.39 is 0 Å². The van der Waals surface area contributed by atoms with Gasteiger partial charge in [0.1, 0.15) is 5.75 Å². The maximum Gasteiger partial charge on any atom is 0.133 e. The molecule has 0 spiro atoms. The number of nitrogens with one attached hydrogen (secondary N) is 1. The van der Waals surface area contributed by atoms with Crippen molar-refractivity contribution in [3.8, 4) is 5.75 Å². The molecule has 1 aromatic rings. The molecule has 1 aliphatic rings. The molecule has 2 nitrogen and oxygen atoms in total. The van der Waals surface area contributed by atoms with Gasteiger partial charge >= 0.3 is 0 Å². The monoisotopic (exact) mass is 311 g/mol. The quantitative estimate of drug-likeness (QED) is 0.908. The van der Waals surface area contributed by atoms with Gasteiger partial charge in [0, 0.05) is 12.6 Å². The summed E-state index contributed by atoms with van der Waals surface area (Å²) in [4.78, 5) is 0. The van der Waals surface area contributed by atoms with Gasteiger partial charge in [-0.05, 0) is 58.3 Å². The molecule has 18 heavy (non-hydrogen) atoms. The van der Waals surface area contributed by atoms with Gasteiger partial charge in [0.15, 0.2) is 0 Å². The highest BCUT2D eigenvalue weighted by atomic mass is 79.9. The molecule has 2 rings (SSSR count). The smallest absolute Gasteiger partial charge is 0.133 e. The third-order valence-corrected chi connectivity index (χ3v) is 4.87. The molecular formula is C15H22BrNO. The minimum atomic E-state index is 0.667. The number of hydrogen-bond acceptors (Lipinski definition) is 2. The summed E-state index contributed by atoms with van der Waals surface area (Å²) >= 11 is 3.53. The van der Waals surface area contributed by atoms with Crippen molar-refractivity contribution in [2.24, 2.45) is 11.8 Å². The van der Waals surface area contributed by atoms with Gasteiger partial charge < -0.3 is 10.1 Å². The molecule has 1 N–H and O–H groups in total. The number of benzene rings is 1. The third kappa shape index (κ3) is 3.07. The van der Waals surface area contributed by atoms with Gasteiger partial charge in [-0.2, -0.15) is 0 Å². The van der Waals surface area contributed by atoms with Crippen molar-refractivity contribution in [1.29, 1.82) is 0 Å². The summed E-state index contributed by atoms with van der Waals surface area (Å²) in [7, 11) is 1.69. The highest BCUT2D eigenvalue weighted by Crippen LogP contribution is 2.31. The molecule has 100 valence electrons. The third-order valence-electron chi connectivity index (χ3n) is 4.25. The summed E-state index contributed by atoms with van der Waals surface area (Å²) in [5.41, 5.74) is 1.30. The first kappa shape index (κ1) is 13.9. The molecule has 1 aromatic carbocycles. The largest absolute Gasteiger partial charge is 0.496 e. The summed E-state index contributed by atoms with van der Waals surface area (Å²) in [5.74, 6) is 2.53. The van der Waals surface area contributed by atoms with E-state index in [1.807, 2.05) is 6.07 Å². The summed E-state index contributed by atoms with van der Waals surface area (Å²) < 4.78 is 6.27. The van der Waals surface area contributed by atoms with Crippen molar-refractivity contribution in [3.63, 3.8) is 0 Å². The van der Waals surface area contributed by atoms with Crippen molar-refractivity contribution in [2.75, 3.05) is 7.11 Å². The van der Waals surface area contributed by atoms with Crippen molar-refractivity contribution < 1.29 is 4.74 Å². The van der Waals surface area contributed by atoms with Crippen molar-refractivity contribution in [3.05, 3.63) is 28.2 Å². The normalized spacial score (nSPS) is 27.4. The molecule has 0 saturated heterocycles. The second-order valence-electron chi connectivity index (χ2n) is 5.37. The van der Waals surface area contributed by atoms with Crippen LogP contribution in [0.1, 0.15) is 32.3 Å². The fraction of sp³-hybridized carbons (Fsp3) is 0.600. The Kier molecular flexibility index (Phi) is 4.68. The maximum atomic E-state index is 5.24. The van der Waals surface area contributed by atoms with Crippen molar-refractivity contribution in [2.45, 2.75) is 39.3 Å². The zero-order valence-electron chi connectivity index (χ0n) is 11.4. The number of ether oxygens (including phenoxy) is 1. The van der Waals surface area contributed by atoms with Crippen LogP contribution in [0.15, 0.2) is 22.7 Å². The van der Waals surface area contributed by atoms with Gasteiger partial charge in [0.25, 0.3) is 0 Å². The number of methoxy groups -OCH3 is 1. The lowest BCUT2D eigenvalue weighted by Crippen LogP contribution is -2.31. The number of hydrogen-bond donors (Lipinski definition) is 1. The zero-order valence-corrected chi connectivity index (χ0v) is 13.0. The van der Waals surface area contributed by atoms with E-state index >= 15 is 0 Å². The van der Waals surface area contributed by atoms with E-state index in [1.165, 1.54) is 18.4 Å².